The van der Waals surface area contributed by atoms with Gasteiger partial charge in [0.25, 0.3) is 0 Å². The molecule has 37 heavy (non-hydrogen) atoms. The lowest BCUT2D eigenvalue weighted by Crippen LogP contribution is -2.15. The highest BCUT2D eigenvalue weighted by molar-refractivity contribution is 5.74. The van der Waals surface area contributed by atoms with Gasteiger partial charge in [-0.3, -0.25) is 4.79 Å². The number of ether oxygens (including phenoxy) is 8. The van der Waals surface area contributed by atoms with E-state index in [1.165, 1.54) is 0 Å². The summed E-state index contributed by atoms with van der Waals surface area (Å²) in [5, 5.41) is 0. The standard InChI is InChI=1S/C28H40O9/c29-24-26-6-8-28(9-7-26)37-23-22-35-19-18-33-15-14-31-11-10-30-12-13-32-16-17-34-20-21-36-25-27-4-2-1-3-5-27/h1-9,24H,10-23,25H2. The van der Waals surface area contributed by atoms with Crippen molar-refractivity contribution >= 4 is 6.29 Å². The molecule has 0 saturated carbocycles. The van der Waals surface area contributed by atoms with Gasteiger partial charge in [-0.15, -0.1) is 0 Å². The van der Waals surface area contributed by atoms with Gasteiger partial charge in [-0.25, -0.2) is 0 Å². The Labute approximate surface area is 219 Å². The molecule has 0 unspecified atom stereocenters. The third-order valence-electron chi connectivity index (χ3n) is 4.86. The molecule has 0 radical (unpaired) electrons. The van der Waals surface area contributed by atoms with E-state index in [0.717, 1.165) is 11.8 Å². The summed E-state index contributed by atoms with van der Waals surface area (Å²) in [6, 6.07) is 17.0. The predicted molar refractivity (Wildman–Crippen MR) is 138 cm³/mol. The van der Waals surface area contributed by atoms with Gasteiger partial charge in [0.2, 0.25) is 0 Å². The lowest BCUT2D eigenvalue weighted by atomic mass is 10.2. The second-order valence-electron chi connectivity index (χ2n) is 7.75. The van der Waals surface area contributed by atoms with Crippen LogP contribution in [0, 0.1) is 0 Å². The zero-order valence-electron chi connectivity index (χ0n) is 21.6. The van der Waals surface area contributed by atoms with Crippen molar-refractivity contribution in [2.75, 3.05) is 92.5 Å². The van der Waals surface area contributed by atoms with Crippen molar-refractivity contribution in [3.05, 3.63) is 65.7 Å². The normalized spacial score (nSPS) is 11.0. The van der Waals surface area contributed by atoms with Crippen LogP contribution >= 0.6 is 0 Å². The maximum atomic E-state index is 10.6. The first-order chi connectivity index (χ1) is 18.4. The van der Waals surface area contributed by atoms with Crippen LogP contribution in [0.5, 0.6) is 5.75 Å². The highest BCUT2D eigenvalue weighted by Gasteiger charge is 1.97. The molecule has 0 aliphatic rings. The van der Waals surface area contributed by atoms with Crippen LogP contribution in [0.25, 0.3) is 0 Å². The SMILES string of the molecule is O=Cc1ccc(OCCOCCOCCOCCOCCOCCOCCOCc2ccccc2)cc1. The van der Waals surface area contributed by atoms with E-state index in [-0.39, 0.29) is 0 Å². The number of aldehydes is 1. The van der Waals surface area contributed by atoms with Crippen LogP contribution in [0.1, 0.15) is 15.9 Å². The average molecular weight is 521 g/mol. The second-order valence-corrected chi connectivity index (χ2v) is 7.75. The molecule has 0 fully saturated rings. The van der Waals surface area contributed by atoms with Gasteiger partial charge in [0, 0.05) is 5.56 Å². The molecule has 0 atom stereocenters. The van der Waals surface area contributed by atoms with Gasteiger partial charge in [0.05, 0.1) is 92.5 Å². The molecule has 0 bridgehead atoms. The van der Waals surface area contributed by atoms with Crippen molar-refractivity contribution in [1.29, 1.82) is 0 Å². The van der Waals surface area contributed by atoms with Gasteiger partial charge >= 0.3 is 0 Å². The molecule has 206 valence electrons. The first kappa shape index (κ1) is 30.9. The highest BCUT2D eigenvalue weighted by Crippen LogP contribution is 2.10. The minimum atomic E-state index is 0.438. The summed E-state index contributed by atoms with van der Waals surface area (Å²) in [6.07, 6.45) is 0.800. The monoisotopic (exact) mass is 520 g/mol. The predicted octanol–water partition coefficient (Wildman–Crippen LogP) is 3.19. The summed E-state index contributed by atoms with van der Waals surface area (Å²) >= 11 is 0. The molecule has 0 amide bonds. The molecule has 0 aliphatic carbocycles. The molecule has 9 nitrogen and oxygen atoms in total. The summed E-state index contributed by atoms with van der Waals surface area (Å²) < 4.78 is 43.8. The van der Waals surface area contributed by atoms with Crippen molar-refractivity contribution in [2.45, 2.75) is 6.61 Å². The molecule has 0 aromatic heterocycles. The third kappa shape index (κ3) is 17.7. The molecule has 2 aromatic carbocycles. The smallest absolute Gasteiger partial charge is 0.150 e. The molecule has 0 N–H and O–H groups in total. The van der Waals surface area contributed by atoms with Crippen LogP contribution in [0.2, 0.25) is 0 Å². The zero-order chi connectivity index (χ0) is 26.1. The number of benzene rings is 2. The number of hydrogen-bond donors (Lipinski definition) is 0. The minimum Gasteiger partial charge on any atom is -0.491 e. The fourth-order valence-corrected chi connectivity index (χ4v) is 2.94. The van der Waals surface area contributed by atoms with Gasteiger partial charge in [0.15, 0.2) is 0 Å². The third-order valence-corrected chi connectivity index (χ3v) is 4.86. The van der Waals surface area contributed by atoms with Gasteiger partial charge in [-0.1, -0.05) is 30.3 Å². The molecular weight excluding hydrogens is 480 g/mol. The van der Waals surface area contributed by atoms with Crippen molar-refractivity contribution in [3.8, 4) is 5.75 Å². The van der Waals surface area contributed by atoms with Crippen molar-refractivity contribution < 1.29 is 42.7 Å². The van der Waals surface area contributed by atoms with Crippen LogP contribution in [0.4, 0.5) is 0 Å². The number of carbonyl (C=O) groups excluding carboxylic acids is 1. The van der Waals surface area contributed by atoms with E-state index in [2.05, 4.69) is 0 Å². The van der Waals surface area contributed by atoms with Crippen LogP contribution in [-0.4, -0.2) is 98.8 Å². The van der Waals surface area contributed by atoms with Crippen LogP contribution < -0.4 is 4.74 Å². The van der Waals surface area contributed by atoms with E-state index >= 15 is 0 Å². The Morgan fingerprint density at radius 1 is 0.459 bits per heavy atom. The van der Waals surface area contributed by atoms with Gasteiger partial charge < -0.3 is 37.9 Å². The number of carbonyl (C=O) groups is 1. The molecule has 0 spiro atoms. The molecule has 2 aromatic rings. The fraction of sp³-hybridized carbons (Fsp3) is 0.536. The van der Waals surface area contributed by atoms with E-state index in [0.29, 0.717) is 110 Å². The summed E-state index contributed by atoms with van der Waals surface area (Å²) in [5.41, 5.74) is 1.78. The Hall–Kier alpha value is -2.37. The van der Waals surface area contributed by atoms with Crippen LogP contribution in [-0.2, 0) is 39.8 Å². The number of rotatable bonds is 25. The van der Waals surface area contributed by atoms with Gasteiger partial charge in [-0.05, 0) is 29.8 Å². The van der Waals surface area contributed by atoms with Crippen molar-refractivity contribution in [2.24, 2.45) is 0 Å². The minimum absolute atomic E-state index is 0.438. The van der Waals surface area contributed by atoms with Crippen LogP contribution in [0.3, 0.4) is 0 Å². The van der Waals surface area contributed by atoms with E-state index in [9.17, 15) is 4.79 Å². The lowest BCUT2D eigenvalue weighted by Gasteiger charge is -2.09. The fourth-order valence-electron chi connectivity index (χ4n) is 2.94. The van der Waals surface area contributed by atoms with E-state index in [1.807, 2.05) is 30.3 Å². The quantitative estimate of drug-likeness (QED) is 0.145. The van der Waals surface area contributed by atoms with E-state index in [1.54, 1.807) is 24.3 Å². The Morgan fingerprint density at radius 2 is 0.865 bits per heavy atom. The maximum absolute atomic E-state index is 10.6. The summed E-state index contributed by atoms with van der Waals surface area (Å²) in [4.78, 5) is 10.6. The Morgan fingerprint density at radius 3 is 1.30 bits per heavy atom. The molecular formula is C28H40O9. The van der Waals surface area contributed by atoms with Crippen molar-refractivity contribution in [3.63, 3.8) is 0 Å². The van der Waals surface area contributed by atoms with Gasteiger partial charge in [-0.2, -0.15) is 0 Å². The molecule has 0 heterocycles. The van der Waals surface area contributed by atoms with E-state index in [4.69, 9.17) is 37.9 Å². The van der Waals surface area contributed by atoms with Crippen LogP contribution in [0.15, 0.2) is 54.6 Å². The van der Waals surface area contributed by atoms with E-state index < -0.39 is 0 Å². The Bertz CT molecular complexity index is 771. The number of hydrogen-bond acceptors (Lipinski definition) is 9. The first-order valence-electron chi connectivity index (χ1n) is 12.6. The Kier molecular flexibility index (Phi) is 19.0. The van der Waals surface area contributed by atoms with Crippen molar-refractivity contribution in [1.82, 2.24) is 0 Å². The zero-order valence-corrected chi connectivity index (χ0v) is 21.6. The largest absolute Gasteiger partial charge is 0.491 e. The lowest BCUT2D eigenvalue weighted by molar-refractivity contribution is -0.0218. The molecule has 0 saturated heterocycles. The summed E-state index contributed by atoms with van der Waals surface area (Å²) in [6.45, 7) is 7.75. The molecule has 2 rings (SSSR count). The molecule has 0 aliphatic heterocycles. The Balaban J connectivity index is 1.20. The van der Waals surface area contributed by atoms with Gasteiger partial charge in [0.1, 0.15) is 18.6 Å². The maximum Gasteiger partial charge on any atom is 0.150 e. The topological polar surface area (TPSA) is 90.9 Å². The summed E-state index contributed by atoms with van der Waals surface area (Å²) in [5.74, 6) is 0.709. The first-order valence-corrected chi connectivity index (χ1v) is 12.6. The summed E-state index contributed by atoms with van der Waals surface area (Å²) in [7, 11) is 0. The highest BCUT2D eigenvalue weighted by atomic mass is 16.6. The average Bonchev–Trinajstić information content (AvgIpc) is 2.94. The molecule has 9 heteroatoms. The second kappa shape index (κ2) is 22.8.